The molecule has 0 saturated heterocycles. The molecule has 1 N–H and O–H groups in total. The first-order valence-corrected chi connectivity index (χ1v) is 5.99. The Kier molecular flexibility index (Phi) is 5.22. The molecular weight excluding hydrogens is 218 g/mol. The van der Waals surface area contributed by atoms with Gasteiger partial charge in [0.05, 0.1) is 12.8 Å². The summed E-state index contributed by atoms with van der Waals surface area (Å²) in [5.74, 6) is 0.233. The summed E-state index contributed by atoms with van der Waals surface area (Å²) in [5, 5.41) is 8.63. The van der Waals surface area contributed by atoms with Crippen LogP contribution in [0.5, 0.6) is 0 Å². The van der Waals surface area contributed by atoms with E-state index in [4.69, 9.17) is 9.52 Å². The van der Waals surface area contributed by atoms with Crippen LogP contribution in [-0.4, -0.2) is 28.6 Å². The highest BCUT2D eigenvalue weighted by atomic mass is 16.4. The minimum absolute atomic E-state index is 0.223. The number of nitrogens with zero attached hydrogens (tertiary/aromatic N) is 1. The zero-order valence-electron chi connectivity index (χ0n) is 10.8. The van der Waals surface area contributed by atoms with E-state index in [0.29, 0.717) is 12.5 Å². The first-order chi connectivity index (χ1) is 8.00. The van der Waals surface area contributed by atoms with Gasteiger partial charge < -0.3 is 9.52 Å². The van der Waals surface area contributed by atoms with Gasteiger partial charge in [0, 0.05) is 12.5 Å². The van der Waals surface area contributed by atoms with E-state index in [-0.39, 0.29) is 6.42 Å². The average molecular weight is 239 g/mol. The second-order valence-electron chi connectivity index (χ2n) is 4.59. The van der Waals surface area contributed by atoms with Gasteiger partial charge in [-0.05, 0) is 45.4 Å². The predicted octanol–water partition coefficient (Wildman–Crippen LogP) is 2.66. The summed E-state index contributed by atoms with van der Waals surface area (Å²) in [6.07, 6.45) is 2.59. The van der Waals surface area contributed by atoms with Crippen molar-refractivity contribution in [1.29, 1.82) is 0 Å². The van der Waals surface area contributed by atoms with Gasteiger partial charge in [0.2, 0.25) is 0 Å². The number of carboxylic acid groups (broad SMARTS) is 1. The Balaban J connectivity index is 2.49. The molecule has 0 bridgehead atoms. The van der Waals surface area contributed by atoms with Crippen LogP contribution in [0.1, 0.15) is 38.0 Å². The Morgan fingerprint density at radius 3 is 2.71 bits per heavy atom. The molecule has 1 heterocycles. The van der Waals surface area contributed by atoms with E-state index in [1.54, 1.807) is 6.26 Å². The Labute approximate surface area is 102 Å². The van der Waals surface area contributed by atoms with Crippen LogP contribution >= 0.6 is 0 Å². The third kappa shape index (κ3) is 4.61. The van der Waals surface area contributed by atoms with Crippen LogP contribution in [0.4, 0.5) is 0 Å². The van der Waals surface area contributed by atoms with Gasteiger partial charge in [-0.25, -0.2) is 0 Å². The molecule has 0 amide bonds. The lowest BCUT2D eigenvalue weighted by molar-refractivity contribution is -0.137. The summed E-state index contributed by atoms with van der Waals surface area (Å²) in [6, 6.07) is 2.33. The first-order valence-electron chi connectivity index (χ1n) is 5.99. The molecule has 17 heavy (non-hydrogen) atoms. The van der Waals surface area contributed by atoms with Gasteiger partial charge >= 0.3 is 5.97 Å². The van der Waals surface area contributed by atoms with E-state index in [1.807, 2.05) is 13.0 Å². The average Bonchev–Trinajstić information content (AvgIpc) is 2.62. The van der Waals surface area contributed by atoms with Crippen molar-refractivity contribution in [2.45, 2.75) is 46.2 Å². The number of hydrogen-bond acceptors (Lipinski definition) is 3. The van der Waals surface area contributed by atoms with Crippen molar-refractivity contribution in [3.05, 3.63) is 23.7 Å². The lowest BCUT2D eigenvalue weighted by Gasteiger charge is -2.25. The molecule has 0 radical (unpaired) electrons. The highest BCUT2D eigenvalue weighted by Gasteiger charge is 2.13. The Morgan fingerprint density at radius 2 is 2.24 bits per heavy atom. The standard InChI is InChI=1S/C13H21NO3/c1-10(2)14(7-4-5-13(15)16)9-12-11(3)6-8-17-12/h6,8,10H,4-5,7,9H2,1-3H3,(H,15,16). The fourth-order valence-corrected chi connectivity index (χ4v) is 1.70. The van der Waals surface area contributed by atoms with Crippen molar-refractivity contribution in [2.75, 3.05) is 6.54 Å². The summed E-state index contributed by atoms with van der Waals surface area (Å²) in [7, 11) is 0. The summed E-state index contributed by atoms with van der Waals surface area (Å²) >= 11 is 0. The summed E-state index contributed by atoms with van der Waals surface area (Å²) in [4.78, 5) is 12.7. The van der Waals surface area contributed by atoms with Gasteiger partial charge in [0.25, 0.3) is 0 Å². The molecular formula is C13H21NO3. The highest BCUT2D eigenvalue weighted by molar-refractivity contribution is 5.66. The number of aliphatic carboxylic acids is 1. The van der Waals surface area contributed by atoms with Gasteiger partial charge in [-0.1, -0.05) is 0 Å². The number of carbonyl (C=O) groups is 1. The van der Waals surface area contributed by atoms with Crippen LogP contribution in [0.3, 0.4) is 0 Å². The quantitative estimate of drug-likeness (QED) is 0.794. The molecule has 4 nitrogen and oxygen atoms in total. The molecule has 0 unspecified atom stereocenters. The highest BCUT2D eigenvalue weighted by Crippen LogP contribution is 2.14. The Hall–Kier alpha value is -1.29. The van der Waals surface area contributed by atoms with E-state index < -0.39 is 5.97 Å². The van der Waals surface area contributed by atoms with Gasteiger partial charge in [0.15, 0.2) is 0 Å². The molecule has 0 aliphatic rings. The zero-order valence-corrected chi connectivity index (χ0v) is 10.8. The second kappa shape index (κ2) is 6.45. The maximum absolute atomic E-state index is 10.5. The monoisotopic (exact) mass is 239 g/mol. The number of carboxylic acids is 1. The molecule has 1 aromatic rings. The molecule has 4 heteroatoms. The van der Waals surface area contributed by atoms with Crippen LogP contribution in [0.15, 0.2) is 16.7 Å². The van der Waals surface area contributed by atoms with E-state index >= 15 is 0 Å². The van der Waals surface area contributed by atoms with E-state index in [2.05, 4.69) is 18.7 Å². The molecule has 0 fully saturated rings. The van der Waals surface area contributed by atoms with Crippen molar-refractivity contribution < 1.29 is 14.3 Å². The van der Waals surface area contributed by atoms with Gasteiger partial charge in [0.1, 0.15) is 5.76 Å². The molecule has 0 aliphatic carbocycles. The molecule has 96 valence electrons. The predicted molar refractivity (Wildman–Crippen MR) is 65.9 cm³/mol. The minimum Gasteiger partial charge on any atom is -0.481 e. The lowest BCUT2D eigenvalue weighted by atomic mass is 10.2. The van der Waals surface area contributed by atoms with Crippen LogP contribution in [0, 0.1) is 6.92 Å². The van der Waals surface area contributed by atoms with Crippen LogP contribution < -0.4 is 0 Å². The maximum Gasteiger partial charge on any atom is 0.303 e. The molecule has 0 aliphatic heterocycles. The Bertz CT molecular complexity index is 357. The van der Waals surface area contributed by atoms with E-state index in [0.717, 1.165) is 24.4 Å². The number of hydrogen-bond donors (Lipinski definition) is 1. The summed E-state index contributed by atoms with van der Waals surface area (Å²) < 4.78 is 5.41. The third-order valence-corrected chi connectivity index (χ3v) is 2.88. The van der Waals surface area contributed by atoms with Crippen LogP contribution in [-0.2, 0) is 11.3 Å². The maximum atomic E-state index is 10.5. The van der Waals surface area contributed by atoms with Crippen molar-refractivity contribution in [3.8, 4) is 0 Å². The lowest BCUT2D eigenvalue weighted by Crippen LogP contribution is -2.31. The van der Waals surface area contributed by atoms with E-state index in [1.165, 1.54) is 0 Å². The van der Waals surface area contributed by atoms with Crippen molar-refractivity contribution in [3.63, 3.8) is 0 Å². The molecule has 1 rings (SSSR count). The SMILES string of the molecule is Cc1ccoc1CN(CCCC(=O)O)C(C)C. The molecule has 1 aromatic heterocycles. The molecule has 0 spiro atoms. The smallest absolute Gasteiger partial charge is 0.303 e. The second-order valence-corrected chi connectivity index (χ2v) is 4.59. The van der Waals surface area contributed by atoms with Crippen LogP contribution in [0.2, 0.25) is 0 Å². The largest absolute Gasteiger partial charge is 0.481 e. The van der Waals surface area contributed by atoms with Crippen molar-refractivity contribution >= 4 is 5.97 Å². The summed E-state index contributed by atoms with van der Waals surface area (Å²) in [6.45, 7) is 7.77. The zero-order chi connectivity index (χ0) is 12.8. The van der Waals surface area contributed by atoms with Crippen molar-refractivity contribution in [2.24, 2.45) is 0 Å². The summed E-state index contributed by atoms with van der Waals surface area (Å²) in [5.41, 5.74) is 1.15. The number of aryl methyl sites for hydroxylation is 1. The minimum atomic E-state index is -0.733. The number of furan rings is 1. The van der Waals surface area contributed by atoms with Gasteiger partial charge in [-0.15, -0.1) is 0 Å². The number of rotatable bonds is 7. The van der Waals surface area contributed by atoms with Crippen LogP contribution in [0.25, 0.3) is 0 Å². The fourth-order valence-electron chi connectivity index (χ4n) is 1.70. The normalized spacial score (nSPS) is 11.4. The van der Waals surface area contributed by atoms with E-state index in [9.17, 15) is 4.79 Å². The van der Waals surface area contributed by atoms with Gasteiger partial charge in [-0.3, -0.25) is 9.69 Å². The topological polar surface area (TPSA) is 53.7 Å². The molecule has 0 saturated carbocycles. The fraction of sp³-hybridized carbons (Fsp3) is 0.615. The van der Waals surface area contributed by atoms with Gasteiger partial charge in [-0.2, -0.15) is 0 Å². The first kappa shape index (κ1) is 13.8. The molecule has 0 aromatic carbocycles. The molecule has 0 atom stereocenters. The Morgan fingerprint density at radius 1 is 1.53 bits per heavy atom. The third-order valence-electron chi connectivity index (χ3n) is 2.88. The van der Waals surface area contributed by atoms with Crippen molar-refractivity contribution in [1.82, 2.24) is 4.90 Å².